The van der Waals surface area contributed by atoms with Gasteiger partial charge in [0.15, 0.2) is 0 Å². The number of carbonyl (C=O) groups is 5. The second-order valence-electron chi connectivity index (χ2n) is 9.06. The average molecular weight is 488 g/mol. The van der Waals surface area contributed by atoms with Gasteiger partial charge in [0.25, 0.3) is 0 Å². The van der Waals surface area contributed by atoms with E-state index in [1.807, 2.05) is 30.3 Å². The molecule has 1 heterocycles. The first-order valence-corrected chi connectivity index (χ1v) is 11.3. The fourth-order valence-electron chi connectivity index (χ4n) is 3.29. The van der Waals surface area contributed by atoms with E-state index in [0.717, 1.165) is 5.56 Å². The van der Waals surface area contributed by atoms with Crippen LogP contribution >= 0.6 is 0 Å². The number of aldehydes is 1. The summed E-state index contributed by atoms with van der Waals surface area (Å²) < 4.78 is 5.08. The van der Waals surface area contributed by atoms with Crippen LogP contribution in [0.4, 0.5) is 4.79 Å². The average Bonchev–Trinajstić information content (AvgIpc) is 3.28. The molecule has 0 aromatic heterocycles. The maximum Gasteiger partial charge on any atom is 0.407 e. The lowest BCUT2D eigenvalue weighted by molar-refractivity contribution is -0.138. The van der Waals surface area contributed by atoms with Crippen molar-refractivity contribution in [1.82, 2.24) is 20.9 Å². The molecule has 0 bridgehead atoms. The van der Waals surface area contributed by atoms with Crippen LogP contribution in [0.3, 0.4) is 0 Å². The van der Waals surface area contributed by atoms with Crippen LogP contribution in [0.5, 0.6) is 0 Å². The lowest BCUT2D eigenvalue weighted by atomic mass is 10.0. The predicted molar refractivity (Wildman–Crippen MR) is 128 cm³/mol. The second kappa shape index (κ2) is 12.7. The van der Waals surface area contributed by atoms with Crippen molar-refractivity contribution in [2.75, 3.05) is 19.6 Å². The number of benzene rings is 1. The highest BCUT2D eigenvalue weighted by atomic mass is 16.6. The third-order valence-electron chi connectivity index (χ3n) is 4.96. The van der Waals surface area contributed by atoms with Crippen molar-refractivity contribution in [3.05, 3.63) is 48.0 Å². The SMILES string of the molecule is CC(C)(C)OC(=O)NC[C@H](N)C(=O)NCC(=O)N[C@@H](Cc1ccccc1)C(=O)N1CC=C[C@H]1C=O. The Balaban J connectivity index is 1.91. The Kier molecular flexibility index (Phi) is 9.95. The van der Waals surface area contributed by atoms with Gasteiger partial charge in [-0.1, -0.05) is 42.5 Å². The quantitative estimate of drug-likeness (QED) is 0.259. The van der Waals surface area contributed by atoms with E-state index in [4.69, 9.17) is 10.5 Å². The summed E-state index contributed by atoms with van der Waals surface area (Å²) in [6.07, 6.45) is 3.49. The number of alkyl carbamates (subject to hydrolysis) is 1. The third-order valence-corrected chi connectivity index (χ3v) is 4.96. The number of nitrogens with zero attached hydrogens (tertiary/aromatic N) is 1. The molecule has 0 saturated carbocycles. The Morgan fingerprint density at radius 2 is 1.86 bits per heavy atom. The highest BCUT2D eigenvalue weighted by Gasteiger charge is 2.31. The van der Waals surface area contributed by atoms with Crippen LogP contribution in [-0.4, -0.2) is 78.4 Å². The largest absolute Gasteiger partial charge is 0.444 e. The van der Waals surface area contributed by atoms with Crippen LogP contribution in [0.25, 0.3) is 0 Å². The summed E-state index contributed by atoms with van der Waals surface area (Å²) in [5.41, 5.74) is 5.89. The zero-order valence-corrected chi connectivity index (χ0v) is 20.2. The van der Waals surface area contributed by atoms with Crippen LogP contribution < -0.4 is 21.7 Å². The number of rotatable bonds is 10. The zero-order chi connectivity index (χ0) is 26.0. The van der Waals surface area contributed by atoms with Crippen molar-refractivity contribution in [3.8, 4) is 0 Å². The lowest BCUT2D eigenvalue weighted by Crippen LogP contribution is -2.54. The molecule has 0 aliphatic carbocycles. The Bertz CT molecular complexity index is 943. The third kappa shape index (κ3) is 9.20. The van der Waals surface area contributed by atoms with Crippen LogP contribution in [0.2, 0.25) is 0 Å². The van der Waals surface area contributed by atoms with Crippen molar-refractivity contribution < 1.29 is 28.7 Å². The standard InChI is InChI=1S/C24H33N5O6/c1-24(2,3)35-23(34)27-13-18(25)21(32)26-14-20(31)28-19(12-16-8-5-4-6-9-16)22(33)29-11-7-10-17(29)15-30/h4-10,15,17-19H,11-14,25H2,1-3H3,(H,26,32)(H,27,34)(H,28,31)/t17-,18-,19-/m0/s1. The smallest absolute Gasteiger partial charge is 0.407 e. The van der Waals surface area contributed by atoms with Crippen LogP contribution in [0.1, 0.15) is 26.3 Å². The molecule has 35 heavy (non-hydrogen) atoms. The molecule has 4 amide bonds. The highest BCUT2D eigenvalue weighted by Crippen LogP contribution is 2.13. The normalized spacial score (nSPS) is 16.7. The molecule has 5 N–H and O–H groups in total. The Labute approximate surface area is 204 Å². The minimum Gasteiger partial charge on any atom is -0.444 e. The summed E-state index contributed by atoms with van der Waals surface area (Å²) >= 11 is 0. The van der Waals surface area contributed by atoms with Gasteiger partial charge in [-0.3, -0.25) is 14.4 Å². The molecular formula is C24H33N5O6. The van der Waals surface area contributed by atoms with Gasteiger partial charge in [-0.15, -0.1) is 0 Å². The maximum atomic E-state index is 13.1. The maximum absolute atomic E-state index is 13.1. The minimum atomic E-state index is -1.11. The van der Waals surface area contributed by atoms with E-state index in [2.05, 4.69) is 16.0 Å². The van der Waals surface area contributed by atoms with Gasteiger partial charge in [0.05, 0.1) is 6.54 Å². The molecule has 0 unspecified atom stereocenters. The molecule has 1 aromatic carbocycles. The molecule has 190 valence electrons. The van der Waals surface area contributed by atoms with Gasteiger partial charge in [0, 0.05) is 19.5 Å². The monoisotopic (exact) mass is 487 g/mol. The predicted octanol–water partition coefficient (Wildman–Crippen LogP) is -0.352. The van der Waals surface area contributed by atoms with Crippen molar-refractivity contribution in [2.45, 2.75) is 50.9 Å². The van der Waals surface area contributed by atoms with E-state index >= 15 is 0 Å². The number of nitrogens with two attached hydrogens (primary N) is 1. The van der Waals surface area contributed by atoms with E-state index < -0.39 is 54.1 Å². The number of hydrogen-bond donors (Lipinski definition) is 4. The molecule has 0 saturated heterocycles. The van der Waals surface area contributed by atoms with Crippen molar-refractivity contribution in [1.29, 1.82) is 0 Å². The van der Waals surface area contributed by atoms with Crippen molar-refractivity contribution in [3.63, 3.8) is 0 Å². The molecular weight excluding hydrogens is 454 g/mol. The molecule has 3 atom stereocenters. The zero-order valence-electron chi connectivity index (χ0n) is 20.2. The van der Waals surface area contributed by atoms with Crippen LogP contribution in [0, 0.1) is 0 Å². The fourth-order valence-corrected chi connectivity index (χ4v) is 3.29. The Hall–Kier alpha value is -3.73. The minimum absolute atomic E-state index is 0.188. The molecule has 0 radical (unpaired) electrons. The van der Waals surface area contributed by atoms with Gasteiger partial charge in [-0.25, -0.2) is 4.79 Å². The summed E-state index contributed by atoms with van der Waals surface area (Å²) in [6.45, 7) is 4.76. The van der Waals surface area contributed by atoms with Gasteiger partial charge in [-0.05, 0) is 26.3 Å². The number of hydrogen-bond acceptors (Lipinski definition) is 7. The van der Waals surface area contributed by atoms with E-state index in [1.165, 1.54) is 4.90 Å². The van der Waals surface area contributed by atoms with Gasteiger partial charge >= 0.3 is 6.09 Å². The van der Waals surface area contributed by atoms with Gasteiger partial charge < -0.3 is 36.1 Å². The first-order valence-electron chi connectivity index (χ1n) is 11.3. The Morgan fingerprint density at radius 1 is 1.17 bits per heavy atom. The molecule has 0 fully saturated rings. The first kappa shape index (κ1) is 27.5. The van der Waals surface area contributed by atoms with Crippen LogP contribution in [-0.2, 0) is 30.3 Å². The van der Waals surface area contributed by atoms with Crippen molar-refractivity contribution in [2.24, 2.45) is 5.73 Å². The molecule has 11 heteroatoms. The topological polar surface area (TPSA) is 160 Å². The van der Waals surface area contributed by atoms with E-state index in [-0.39, 0.29) is 19.5 Å². The van der Waals surface area contributed by atoms with Gasteiger partial charge in [0.2, 0.25) is 17.7 Å². The number of nitrogens with one attached hydrogen (secondary N) is 3. The molecule has 0 spiro atoms. The second-order valence-corrected chi connectivity index (χ2v) is 9.06. The van der Waals surface area contributed by atoms with E-state index in [9.17, 15) is 24.0 Å². The summed E-state index contributed by atoms with van der Waals surface area (Å²) in [5.74, 6) is -1.67. The fraction of sp³-hybridized carbons (Fsp3) is 0.458. The summed E-state index contributed by atoms with van der Waals surface area (Å²) in [5, 5.41) is 7.42. The van der Waals surface area contributed by atoms with Gasteiger partial charge in [-0.2, -0.15) is 0 Å². The number of ether oxygens (including phenoxy) is 1. The molecule has 11 nitrogen and oxygen atoms in total. The van der Waals surface area contributed by atoms with Crippen LogP contribution in [0.15, 0.2) is 42.5 Å². The number of carbonyl (C=O) groups excluding carboxylic acids is 5. The van der Waals surface area contributed by atoms with E-state index in [0.29, 0.717) is 6.29 Å². The lowest BCUT2D eigenvalue weighted by Gasteiger charge is -2.27. The molecule has 1 aromatic rings. The summed E-state index contributed by atoms with van der Waals surface area (Å²) in [7, 11) is 0. The highest BCUT2D eigenvalue weighted by molar-refractivity contribution is 5.92. The molecule has 2 rings (SSSR count). The first-order chi connectivity index (χ1) is 16.5. The summed E-state index contributed by atoms with van der Waals surface area (Å²) in [6, 6.07) is 6.38. The van der Waals surface area contributed by atoms with Crippen molar-refractivity contribution >= 4 is 30.1 Å². The summed E-state index contributed by atoms with van der Waals surface area (Å²) in [4.78, 5) is 62.2. The molecule has 1 aliphatic heterocycles. The van der Waals surface area contributed by atoms with E-state index in [1.54, 1.807) is 32.9 Å². The van der Waals surface area contributed by atoms with Gasteiger partial charge in [0.1, 0.15) is 30.0 Å². The number of amides is 4. The Morgan fingerprint density at radius 3 is 2.49 bits per heavy atom. The molecule has 1 aliphatic rings.